The van der Waals surface area contributed by atoms with Gasteiger partial charge in [0.15, 0.2) is 0 Å². The fraction of sp³-hybridized carbons (Fsp3) is 0.214. The molecule has 0 saturated carbocycles. The van der Waals surface area contributed by atoms with Gasteiger partial charge in [-0.25, -0.2) is 4.98 Å². The molecule has 0 aliphatic carbocycles. The number of hydrogen-bond donors (Lipinski definition) is 1. The molecule has 2 nitrogen and oxygen atoms in total. The summed E-state index contributed by atoms with van der Waals surface area (Å²) in [5.41, 5.74) is 1.24. The first-order valence-electron chi connectivity index (χ1n) is 5.85. The predicted octanol–water partition coefficient (Wildman–Crippen LogP) is 4.57. The molecule has 4 heteroatoms. The number of nitrogens with one attached hydrogen (secondary N) is 1. The van der Waals surface area contributed by atoms with Crippen LogP contribution in [0.2, 0.25) is 0 Å². The molecule has 1 heterocycles. The van der Waals surface area contributed by atoms with Crippen LogP contribution in [-0.4, -0.2) is 11.5 Å². The zero-order valence-corrected chi connectivity index (χ0v) is 12.6. The van der Waals surface area contributed by atoms with Gasteiger partial charge >= 0.3 is 0 Å². The first-order valence-corrected chi connectivity index (χ1v) is 7.63. The minimum absolute atomic E-state index is 0.896. The summed E-state index contributed by atoms with van der Waals surface area (Å²) in [6.07, 6.45) is 1.83. The first-order chi connectivity index (χ1) is 8.79. The molecule has 1 N–H and O–H groups in total. The molecular formula is C14H15BrN2S. The maximum atomic E-state index is 4.36. The summed E-state index contributed by atoms with van der Waals surface area (Å²) in [5, 5.41) is 3.29. The van der Waals surface area contributed by atoms with Crippen LogP contribution in [0.3, 0.4) is 0 Å². The van der Waals surface area contributed by atoms with Crippen LogP contribution in [0, 0.1) is 0 Å². The van der Waals surface area contributed by atoms with Crippen molar-refractivity contribution in [1.82, 2.24) is 4.98 Å². The van der Waals surface area contributed by atoms with Gasteiger partial charge in [0, 0.05) is 33.4 Å². The van der Waals surface area contributed by atoms with Crippen LogP contribution in [0.4, 0.5) is 5.82 Å². The van der Waals surface area contributed by atoms with Crippen molar-refractivity contribution >= 4 is 33.5 Å². The van der Waals surface area contributed by atoms with Crippen molar-refractivity contribution in [2.45, 2.75) is 17.6 Å². The van der Waals surface area contributed by atoms with E-state index < -0.39 is 0 Å². The largest absolute Gasteiger partial charge is 0.370 e. The van der Waals surface area contributed by atoms with E-state index in [2.05, 4.69) is 63.5 Å². The smallest absolute Gasteiger partial charge is 0.129 e. The Kier molecular flexibility index (Phi) is 5.08. The van der Waals surface area contributed by atoms with E-state index in [0.717, 1.165) is 22.6 Å². The van der Waals surface area contributed by atoms with Crippen molar-refractivity contribution in [2.24, 2.45) is 0 Å². The molecule has 0 bridgehead atoms. The van der Waals surface area contributed by atoms with Crippen molar-refractivity contribution in [2.75, 3.05) is 11.9 Å². The molecule has 94 valence electrons. The molecule has 1 aromatic heterocycles. The Hall–Kier alpha value is -1.00. The molecule has 0 aliphatic rings. The summed E-state index contributed by atoms with van der Waals surface area (Å²) in [6, 6.07) is 12.5. The summed E-state index contributed by atoms with van der Waals surface area (Å²) >= 11 is 5.27. The first kappa shape index (κ1) is 13.4. The fourth-order valence-electron chi connectivity index (χ4n) is 1.57. The average molecular weight is 323 g/mol. The number of benzene rings is 1. The normalized spacial score (nSPS) is 10.3. The third-order valence-corrected chi connectivity index (χ3v) is 4.03. The molecule has 1 aromatic carbocycles. The van der Waals surface area contributed by atoms with Gasteiger partial charge in [-0.15, -0.1) is 11.8 Å². The van der Waals surface area contributed by atoms with Gasteiger partial charge in [0.25, 0.3) is 0 Å². The monoisotopic (exact) mass is 322 g/mol. The third kappa shape index (κ3) is 3.75. The lowest BCUT2D eigenvalue weighted by Crippen LogP contribution is -2.02. The van der Waals surface area contributed by atoms with Crippen LogP contribution in [0.15, 0.2) is 52.0 Å². The average Bonchev–Trinajstić information content (AvgIpc) is 2.40. The summed E-state index contributed by atoms with van der Waals surface area (Å²) < 4.78 is 1.11. The lowest BCUT2D eigenvalue weighted by atomic mass is 10.3. The molecular weight excluding hydrogens is 308 g/mol. The Morgan fingerprint density at radius 2 is 2.00 bits per heavy atom. The number of hydrogen-bond acceptors (Lipinski definition) is 3. The van der Waals surface area contributed by atoms with Crippen molar-refractivity contribution < 1.29 is 0 Å². The number of pyridine rings is 1. The number of halogens is 1. The van der Waals surface area contributed by atoms with Gasteiger partial charge in [-0.3, -0.25) is 0 Å². The molecule has 0 radical (unpaired) electrons. The minimum atomic E-state index is 0.896. The van der Waals surface area contributed by atoms with Gasteiger partial charge in [-0.05, 0) is 37.3 Å². The molecule has 0 unspecified atom stereocenters. The number of aromatic nitrogens is 1. The van der Waals surface area contributed by atoms with Crippen molar-refractivity contribution in [3.63, 3.8) is 0 Å². The van der Waals surface area contributed by atoms with Crippen LogP contribution in [-0.2, 0) is 5.75 Å². The molecule has 0 spiro atoms. The van der Waals surface area contributed by atoms with Crippen LogP contribution in [0.1, 0.15) is 12.5 Å². The Bertz CT molecular complexity index is 499. The van der Waals surface area contributed by atoms with E-state index >= 15 is 0 Å². The molecule has 2 rings (SSSR count). The van der Waals surface area contributed by atoms with Crippen molar-refractivity contribution in [3.8, 4) is 0 Å². The molecule has 2 aromatic rings. The van der Waals surface area contributed by atoms with E-state index in [0.29, 0.717) is 0 Å². The van der Waals surface area contributed by atoms with E-state index in [4.69, 9.17) is 0 Å². The number of nitrogens with zero attached hydrogens (tertiary/aromatic N) is 1. The van der Waals surface area contributed by atoms with Gasteiger partial charge in [0.1, 0.15) is 5.82 Å². The Labute approximate surface area is 120 Å². The van der Waals surface area contributed by atoms with Gasteiger partial charge in [-0.2, -0.15) is 0 Å². The van der Waals surface area contributed by atoms with Crippen LogP contribution < -0.4 is 5.32 Å². The topological polar surface area (TPSA) is 24.9 Å². The summed E-state index contributed by atoms with van der Waals surface area (Å²) in [6.45, 7) is 2.98. The lowest BCUT2D eigenvalue weighted by Gasteiger charge is -2.09. The molecule has 0 fully saturated rings. The number of anilines is 1. The fourth-order valence-corrected chi connectivity index (χ4v) is 2.72. The number of thioether (sulfide) groups is 1. The van der Waals surface area contributed by atoms with E-state index in [1.165, 1.54) is 10.5 Å². The molecule has 0 aliphatic heterocycles. The standard InChI is InChI=1S/C14H15BrN2S/c1-2-16-14-11(4-3-9-17-14)10-18-13-7-5-12(15)6-8-13/h3-9H,2,10H2,1H3,(H,16,17). The maximum Gasteiger partial charge on any atom is 0.129 e. The quantitative estimate of drug-likeness (QED) is 0.816. The Morgan fingerprint density at radius 1 is 1.22 bits per heavy atom. The molecule has 0 saturated heterocycles. The molecule has 0 atom stereocenters. The predicted molar refractivity (Wildman–Crippen MR) is 82.1 cm³/mol. The second-order valence-corrected chi connectivity index (χ2v) is 5.75. The lowest BCUT2D eigenvalue weighted by molar-refractivity contribution is 1.13. The summed E-state index contributed by atoms with van der Waals surface area (Å²) in [7, 11) is 0. The zero-order chi connectivity index (χ0) is 12.8. The maximum absolute atomic E-state index is 4.36. The SMILES string of the molecule is CCNc1ncccc1CSc1ccc(Br)cc1. The van der Waals surface area contributed by atoms with E-state index in [1.54, 1.807) is 0 Å². The summed E-state index contributed by atoms with van der Waals surface area (Å²) in [5.74, 6) is 1.92. The van der Waals surface area contributed by atoms with Crippen molar-refractivity contribution in [3.05, 3.63) is 52.6 Å². The highest BCUT2D eigenvalue weighted by molar-refractivity contribution is 9.10. The zero-order valence-electron chi connectivity index (χ0n) is 10.2. The second-order valence-electron chi connectivity index (χ2n) is 3.78. The van der Waals surface area contributed by atoms with E-state index in [-0.39, 0.29) is 0 Å². The number of rotatable bonds is 5. The van der Waals surface area contributed by atoms with Crippen LogP contribution in [0.25, 0.3) is 0 Å². The van der Waals surface area contributed by atoms with E-state index in [9.17, 15) is 0 Å². The minimum Gasteiger partial charge on any atom is -0.370 e. The van der Waals surface area contributed by atoms with Crippen molar-refractivity contribution in [1.29, 1.82) is 0 Å². The Morgan fingerprint density at radius 3 is 2.72 bits per heavy atom. The van der Waals surface area contributed by atoms with Gasteiger partial charge in [-0.1, -0.05) is 22.0 Å². The molecule has 0 amide bonds. The van der Waals surface area contributed by atoms with Gasteiger partial charge in [0.2, 0.25) is 0 Å². The third-order valence-electron chi connectivity index (χ3n) is 2.44. The highest BCUT2D eigenvalue weighted by Crippen LogP contribution is 2.26. The highest BCUT2D eigenvalue weighted by atomic mass is 79.9. The van der Waals surface area contributed by atoms with E-state index in [1.807, 2.05) is 24.0 Å². The molecule has 18 heavy (non-hydrogen) atoms. The van der Waals surface area contributed by atoms with Crippen LogP contribution in [0.5, 0.6) is 0 Å². The summed E-state index contributed by atoms with van der Waals surface area (Å²) in [4.78, 5) is 5.63. The van der Waals surface area contributed by atoms with Gasteiger partial charge < -0.3 is 5.32 Å². The Balaban J connectivity index is 2.03. The second kappa shape index (κ2) is 6.81. The highest BCUT2D eigenvalue weighted by Gasteiger charge is 2.03. The van der Waals surface area contributed by atoms with Crippen LogP contribution >= 0.6 is 27.7 Å². The van der Waals surface area contributed by atoms with Gasteiger partial charge in [0.05, 0.1) is 0 Å².